The SMILES string of the molecule is CCc1ccccc1NC(=S)N1CCN(c2cnccn2)CC1. The van der Waals surface area contributed by atoms with Gasteiger partial charge in [0.2, 0.25) is 0 Å². The minimum atomic E-state index is 0.796. The largest absolute Gasteiger partial charge is 0.352 e. The van der Waals surface area contributed by atoms with E-state index in [-0.39, 0.29) is 0 Å². The predicted octanol–water partition coefficient (Wildman–Crippen LogP) is 2.56. The van der Waals surface area contributed by atoms with E-state index in [0.717, 1.165) is 49.2 Å². The Kier molecular flexibility index (Phi) is 5.02. The third kappa shape index (κ3) is 3.76. The Hall–Kier alpha value is -2.21. The number of nitrogens with one attached hydrogen (secondary N) is 1. The molecule has 0 radical (unpaired) electrons. The molecule has 1 N–H and O–H groups in total. The molecule has 1 aliphatic heterocycles. The molecular formula is C17H21N5S. The molecule has 0 unspecified atom stereocenters. The van der Waals surface area contributed by atoms with Gasteiger partial charge in [0.1, 0.15) is 5.82 Å². The molecule has 0 atom stereocenters. The molecule has 0 aliphatic carbocycles. The van der Waals surface area contributed by atoms with Crippen molar-refractivity contribution in [2.75, 3.05) is 36.4 Å². The van der Waals surface area contributed by atoms with Crippen molar-refractivity contribution in [1.82, 2.24) is 14.9 Å². The first-order valence-corrected chi connectivity index (χ1v) is 8.33. The van der Waals surface area contributed by atoms with Gasteiger partial charge in [-0.3, -0.25) is 4.98 Å². The molecule has 120 valence electrons. The lowest BCUT2D eigenvalue weighted by atomic mass is 10.1. The number of hydrogen-bond donors (Lipinski definition) is 1. The van der Waals surface area contributed by atoms with Gasteiger partial charge in [-0.05, 0) is 30.3 Å². The molecule has 0 bridgehead atoms. The third-order valence-electron chi connectivity index (χ3n) is 4.08. The van der Waals surface area contributed by atoms with Gasteiger partial charge in [0, 0.05) is 44.3 Å². The predicted molar refractivity (Wildman–Crippen MR) is 97.9 cm³/mol. The molecule has 5 nitrogen and oxygen atoms in total. The van der Waals surface area contributed by atoms with Gasteiger partial charge >= 0.3 is 0 Å². The minimum Gasteiger partial charge on any atom is -0.352 e. The number of thiocarbonyl (C=S) groups is 1. The van der Waals surface area contributed by atoms with E-state index in [0.29, 0.717) is 0 Å². The van der Waals surface area contributed by atoms with E-state index in [2.05, 4.69) is 50.2 Å². The molecule has 6 heteroatoms. The van der Waals surface area contributed by atoms with Crippen molar-refractivity contribution >= 4 is 28.8 Å². The monoisotopic (exact) mass is 327 g/mol. The van der Waals surface area contributed by atoms with Crippen molar-refractivity contribution < 1.29 is 0 Å². The van der Waals surface area contributed by atoms with Crippen LogP contribution in [0.4, 0.5) is 11.5 Å². The highest BCUT2D eigenvalue weighted by atomic mass is 32.1. The van der Waals surface area contributed by atoms with Gasteiger partial charge < -0.3 is 15.1 Å². The number of aryl methyl sites for hydroxylation is 1. The van der Waals surface area contributed by atoms with Gasteiger partial charge in [-0.15, -0.1) is 0 Å². The third-order valence-corrected chi connectivity index (χ3v) is 4.44. The zero-order chi connectivity index (χ0) is 16.1. The van der Waals surface area contributed by atoms with E-state index < -0.39 is 0 Å². The molecule has 0 spiro atoms. The van der Waals surface area contributed by atoms with Crippen LogP contribution in [0.15, 0.2) is 42.9 Å². The van der Waals surface area contributed by atoms with Crippen molar-refractivity contribution in [3.8, 4) is 0 Å². The smallest absolute Gasteiger partial charge is 0.173 e. The number of anilines is 2. The number of piperazine rings is 1. The summed E-state index contributed by atoms with van der Waals surface area (Å²) >= 11 is 5.59. The molecule has 3 rings (SSSR count). The van der Waals surface area contributed by atoms with E-state index >= 15 is 0 Å². The first-order valence-electron chi connectivity index (χ1n) is 7.92. The average Bonchev–Trinajstić information content (AvgIpc) is 2.63. The molecule has 1 aromatic carbocycles. The summed E-state index contributed by atoms with van der Waals surface area (Å²) in [5.74, 6) is 0.933. The van der Waals surface area contributed by atoms with Crippen molar-refractivity contribution in [2.45, 2.75) is 13.3 Å². The number of hydrogen-bond acceptors (Lipinski definition) is 4. The second kappa shape index (κ2) is 7.37. The number of rotatable bonds is 3. The lowest BCUT2D eigenvalue weighted by Gasteiger charge is -2.36. The van der Waals surface area contributed by atoms with Crippen molar-refractivity contribution in [2.24, 2.45) is 0 Å². The van der Waals surface area contributed by atoms with Crippen LogP contribution >= 0.6 is 12.2 Å². The van der Waals surface area contributed by atoms with E-state index in [4.69, 9.17) is 12.2 Å². The molecule has 1 aliphatic rings. The van der Waals surface area contributed by atoms with Gasteiger partial charge in [-0.1, -0.05) is 25.1 Å². The molecule has 1 aromatic heterocycles. The van der Waals surface area contributed by atoms with Crippen LogP contribution in [0, 0.1) is 0 Å². The van der Waals surface area contributed by atoms with Crippen molar-refractivity contribution in [3.63, 3.8) is 0 Å². The fourth-order valence-corrected chi connectivity index (χ4v) is 3.03. The molecule has 1 saturated heterocycles. The van der Waals surface area contributed by atoms with Crippen LogP contribution in [-0.2, 0) is 6.42 Å². The van der Waals surface area contributed by atoms with Gasteiger partial charge in [0.05, 0.1) is 6.20 Å². The molecule has 0 amide bonds. The number of benzene rings is 1. The Balaban J connectivity index is 1.58. The lowest BCUT2D eigenvalue weighted by molar-refractivity contribution is 0.389. The van der Waals surface area contributed by atoms with Crippen LogP contribution in [-0.4, -0.2) is 46.2 Å². The highest BCUT2D eigenvalue weighted by molar-refractivity contribution is 7.80. The van der Waals surface area contributed by atoms with E-state index in [1.165, 1.54) is 5.56 Å². The second-order valence-electron chi connectivity index (χ2n) is 5.48. The Morgan fingerprint density at radius 1 is 1.17 bits per heavy atom. The first-order chi connectivity index (χ1) is 11.3. The maximum absolute atomic E-state index is 5.59. The summed E-state index contributed by atoms with van der Waals surface area (Å²) in [4.78, 5) is 13.0. The van der Waals surface area contributed by atoms with Crippen molar-refractivity contribution in [3.05, 3.63) is 48.4 Å². The van der Waals surface area contributed by atoms with Crippen LogP contribution < -0.4 is 10.2 Å². The first kappa shape index (κ1) is 15.7. The Bertz CT molecular complexity index is 653. The van der Waals surface area contributed by atoms with Gasteiger partial charge in [0.25, 0.3) is 0 Å². The van der Waals surface area contributed by atoms with Gasteiger partial charge in [0.15, 0.2) is 5.11 Å². The van der Waals surface area contributed by atoms with Crippen molar-refractivity contribution in [1.29, 1.82) is 0 Å². The van der Waals surface area contributed by atoms with E-state index in [1.807, 2.05) is 12.3 Å². The summed E-state index contributed by atoms with van der Waals surface area (Å²) in [5.41, 5.74) is 2.39. The fourth-order valence-electron chi connectivity index (χ4n) is 2.74. The topological polar surface area (TPSA) is 44.3 Å². The highest BCUT2D eigenvalue weighted by Crippen LogP contribution is 2.17. The standard InChI is InChI=1S/C17H21N5S/c1-2-14-5-3-4-6-15(14)20-17(23)22-11-9-21(10-12-22)16-13-18-7-8-19-16/h3-8,13H,2,9-12H2,1H3,(H,20,23). The molecular weight excluding hydrogens is 306 g/mol. The summed E-state index contributed by atoms with van der Waals surface area (Å²) in [5, 5.41) is 4.19. The molecule has 2 aromatic rings. The van der Waals surface area contributed by atoms with Crippen LogP contribution in [0.5, 0.6) is 0 Å². The van der Waals surface area contributed by atoms with Crippen LogP contribution in [0.2, 0.25) is 0 Å². The van der Waals surface area contributed by atoms with Gasteiger partial charge in [-0.2, -0.15) is 0 Å². The Labute approximate surface area is 142 Å². The van der Waals surface area contributed by atoms with E-state index in [9.17, 15) is 0 Å². The molecule has 0 saturated carbocycles. The zero-order valence-electron chi connectivity index (χ0n) is 13.3. The number of para-hydroxylation sites is 1. The molecule has 23 heavy (non-hydrogen) atoms. The number of aromatic nitrogens is 2. The number of nitrogens with zero attached hydrogens (tertiary/aromatic N) is 4. The van der Waals surface area contributed by atoms with E-state index in [1.54, 1.807) is 12.4 Å². The molecule has 1 fully saturated rings. The fraction of sp³-hybridized carbons (Fsp3) is 0.353. The van der Waals surface area contributed by atoms with Crippen LogP contribution in [0.25, 0.3) is 0 Å². The lowest BCUT2D eigenvalue weighted by Crippen LogP contribution is -2.50. The quantitative estimate of drug-likeness (QED) is 0.874. The van der Waals surface area contributed by atoms with Crippen LogP contribution in [0.1, 0.15) is 12.5 Å². The summed E-state index contributed by atoms with van der Waals surface area (Å²) in [7, 11) is 0. The second-order valence-corrected chi connectivity index (χ2v) is 5.87. The zero-order valence-corrected chi connectivity index (χ0v) is 14.1. The average molecular weight is 327 g/mol. The maximum atomic E-state index is 5.59. The Morgan fingerprint density at radius 3 is 2.65 bits per heavy atom. The van der Waals surface area contributed by atoms with Crippen LogP contribution in [0.3, 0.4) is 0 Å². The summed E-state index contributed by atoms with van der Waals surface area (Å²) < 4.78 is 0. The minimum absolute atomic E-state index is 0.796. The normalized spacial score (nSPS) is 14.7. The summed E-state index contributed by atoms with van der Waals surface area (Å²) in [6.07, 6.45) is 6.23. The maximum Gasteiger partial charge on any atom is 0.173 e. The Morgan fingerprint density at radius 2 is 1.96 bits per heavy atom. The van der Waals surface area contributed by atoms with Gasteiger partial charge in [-0.25, -0.2) is 4.98 Å². The summed E-state index contributed by atoms with van der Waals surface area (Å²) in [6.45, 7) is 5.72. The summed E-state index contributed by atoms with van der Waals surface area (Å²) in [6, 6.07) is 8.32. The molecule has 2 heterocycles. The highest BCUT2D eigenvalue weighted by Gasteiger charge is 2.20.